The first-order valence-corrected chi connectivity index (χ1v) is 10.6. The van der Waals surface area contributed by atoms with Crippen LogP contribution in [0.3, 0.4) is 0 Å². The molecule has 0 spiro atoms. The van der Waals surface area contributed by atoms with E-state index in [0.29, 0.717) is 12.1 Å². The quantitative estimate of drug-likeness (QED) is 0.384. The topological polar surface area (TPSA) is 75.2 Å². The van der Waals surface area contributed by atoms with E-state index in [4.69, 9.17) is 9.47 Å². The van der Waals surface area contributed by atoms with Gasteiger partial charge in [-0.15, -0.1) is 0 Å². The number of rotatable bonds is 8. The molecule has 0 aromatic carbocycles. The zero-order chi connectivity index (χ0) is 19.3. The van der Waals surface area contributed by atoms with Gasteiger partial charge >= 0.3 is 6.09 Å². The average molecular weight is 383 g/mol. The van der Waals surface area contributed by atoms with Gasteiger partial charge in [-0.25, -0.2) is 4.79 Å². The number of nitrogens with one attached hydrogen (secondary N) is 2. The van der Waals surface area contributed by atoms with E-state index in [-0.39, 0.29) is 6.09 Å². The van der Waals surface area contributed by atoms with Crippen molar-refractivity contribution in [2.45, 2.75) is 76.4 Å². The molecule has 1 amide bonds. The zero-order valence-corrected chi connectivity index (χ0v) is 17.2. The summed E-state index contributed by atoms with van der Waals surface area (Å²) in [5, 5.41) is 6.86. The van der Waals surface area contributed by atoms with E-state index in [2.05, 4.69) is 15.6 Å². The zero-order valence-electron chi connectivity index (χ0n) is 17.2. The maximum Gasteiger partial charge on any atom is 0.409 e. The molecule has 156 valence electrons. The van der Waals surface area contributed by atoms with Crippen LogP contribution in [0.5, 0.6) is 0 Å². The summed E-state index contributed by atoms with van der Waals surface area (Å²) >= 11 is 0. The summed E-state index contributed by atoms with van der Waals surface area (Å²) in [7, 11) is 3.23. The molecule has 7 nitrogen and oxygen atoms in total. The molecule has 0 bridgehead atoms. The Morgan fingerprint density at radius 2 is 1.81 bits per heavy atom. The van der Waals surface area contributed by atoms with Gasteiger partial charge in [0.25, 0.3) is 0 Å². The van der Waals surface area contributed by atoms with Gasteiger partial charge in [-0.3, -0.25) is 4.99 Å². The fraction of sp³-hybridized carbons (Fsp3) is 0.900. The third-order valence-electron chi connectivity index (χ3n) is 5.51. The van der Waals surface area contributed by atoms with Gasteiger partial charge in [-0.05, 0) is 44.9 Å². The van der Waals surface area contributed by atoms with Gasteiger partial charge < -0.3 is 25.0 Å². The van der Waals surface area contributed by atoms with E-state index in [1.807, 2.05) is 0 Å². The molecule has 0 unspecified atom stereocenters. The number of carbonyl (C=O) groups excluding carboxylic acids is 1. The molecule has 1 aliphatic carbocycles. The van der Waals surface area contributed by atoms with Crippen LogP contribution in [0.25, 0.3) is 0 Å². The second kappa shape index (κ2) is 12.8. The SMILES string of the molecule is CN=C(NCCCCCOC1CCCCC1)NC1CCN(C(=O)OC)CC1. The number of nitrogens with zero attached hydrogens (tertiary/aromatic N) is 2. The Bertz CT molecular complexity index is 445. The number of piperidine rings is 1. The van der Waals surface area contributed by atoms with Crippen molar-refractivity contribution in [3.63, 3.8) is 0 Å². The van der Waals surface area contributed by atoms with Crippen LogP contribution in [0.4, 0.5) is 4.79 Å². The maximum absolute atomic E-state index is 11.5. The van der Waals surface area contributed by atoms with Crippen molar-refractivity contribution in [2.24, 2.45) is 4.99 Å². The van der Waals surface area contributed by atoms with Gasteiger partial charge in [0, 0.05) is 39.3 Å². The molecule has 1 saturated heterocycles. The summed E-state index contributed by atoms with van der Waals surface area (Å²) in [4.78, 5) is 17.6. The molecule has 1 heterocycles. The minimum atomic E-state index is -0.233. The van der Waals surface area contributed by atoms with Gasteiger partial charge in [0.2, 0.25) is 0 Å². The molecule has 2 fully saturated rings. The number of unbranched alkanes of at least 4 members (excludes halogenated alkanes) is 2. The normalized spacial score (nSPS) is 19.8. The van der Waals surface area contributed by atoms with E-state index in [1.165, 1.54) is 45.6 Å². The molecule has 2 rings (SSSR count). The number of methoxy groups -OCH3 is 1. The van der Waals surface area contributed by atoms with Crippen LogP contribution in [-0.4, -0.2) is 69.5 Å². The van der Waals surface area contributed by atoms with Crippen molar-refractivity contribution in [1.29, 1.82) is 0 Å². The lowest BCUT2D eigenvalue weighted by atomic mass is 9.98. The second-order valence-corrected chi connectivity index (χ2v) is 7.57. The summed E-state index contributed by atoms with van der Waals surface area (Å²) in [5.41, 5.74) is 0. The Morgan fingerprint density at radius 3 is 2.48 bits per heavy atom. The monoisotopic (exact) mass is 382 g/mol. The number of hydrogen-bond acceptors (Lipinski definition) is 4. The number of aliphatic imine (C=N–C) groups is 1. The number of carbonyl (C=O) groups is 1. The van der Waals surface area contributed by atoms with Crippen LogP contribution in [0, 0.1) is 0 Å². The summed E-state index contributed by atoms with van der Waals surface area (Å²) in [6.07, 6.45) is 12.1. The van der Waals surface area contributed by atoms with Gasteiger partial charge in [-0.1, -0.05) is 19.3 Å². The summed E-state index contributed by atoms with van der Waals surface area (Å²) in [5.74, 6) is 0.852. The predicted molar refractivity (Wildman–Crippen MR) is 108 cm³/mol. The lowest BCUT2D eigenvalue weighted by molar-refractivity contribution is 0.0264. The number of ether oxygens (including phenoxy) is 2. The molecular formula is C20H38N4O3. The van der Waals surface area contributed by atoms with E-state index >= 15 is 0 Å². The average Bonchev–Trinajstić information content (AvgIpc) is 2.72. The molecule has 27 heavy (non-hydrogen) atoms. The maximum atomic E-state index is 11.5. The Balaban J connectivity index is 1.49. The van der Waals surface area contributed by atoms with Gasteiger partial charge in [-0.2, -0.15) is 0 Å². The number of hydrogen-bond donors (Lipinski definition) is 2. The minimum Gasteiger partial charge on any atom is -0.453 e. The fourth-order valence-electron chi connectivity index (χ4n) is 3.82. The van der Waals surface area contributed by atoms with Gasteiger partial charge in [0.05, 0.1) is 13.2 Å². The minimum absolute atomic E-state index is 0.233. The molecule has 0 aromatic rings. The highest BCUT2D eigenvalue weighted by Crippen LogP contribution is 2.20. The van der Waals surface area contributed by atoms with E-state index < -0.39 is 0 Å². The number of likely N-dealkylation sites (tertiary alicyclic amines) is 1. The van der Waals surface area contributed by atoms with Crippen LogP contribution >= 0.6 is 0 Å². The molecule has 0 radical (unpaired) electrons. The highest BCUT2D eigenvalue weighted by molar-refractivity contribution is 5.80. The van der Waals surface area contributed by atoms with Crippen molar-refractivity contribution in [2.75, 3.05) is 40.4 Å². The third-order valence-corrected chi connectivity index (χ3v) is 5.51. The first kappa shape index (κ1) is 21.8. The van der Waals surface area contributed by atoms with Crippen LogP contribution in [0.2, 0.25) is 0 Å². The predicted octanol–water partition coefficient (Wildman–Crippen LogP) is 2.90. The fourth-order valence-corrected chi connectivity index (χ4v) is 3.82. The molecule has 0 aromatic heterocycles. The molecule has 7 heteroatoms. The molecular weight excluding hydrogens is 344 g/mol. The lowest BCUT2D eigenvalue weighted by Gasteiger charge is -2.32. The Kier molecular flexibility index (Phi) is 10.3. The largest absolute Gasteiger partial charge is 0.453 e. The van der Waals surface area contributed by atoms with Crippen LogP contribution in [-0.2, 0) is 9.47 Å². The van der Waals surface area contributed by atoms with Crippen molar-refractivity contribution in [1.82, 2.24) is 15.5 Å². The molecule has 1 aliphatic heterocycles. The highest BCUT2D eigenvalue weighted by atomic mass is 16.5. The molecule has 0 atom stereocenters. The van der Waals surface area contributed by atoms with E-state index in [0.717, 1.165) is 57.9 Å². The van der Waals surface area contributed by atoms with Crippen molar-refractivity contribution >= 4 is 12.1 Å². The Labute approximate surface area is 164 Å². The van der Waals surface area contributed by atoms with Crippen LogP contribution < -0.4 is 10.6 Å². The lowest BCUT2D eigenvalue weighted by Crippen LogP contribution is -2.49. The van der Waals surface area contributed by atoms with Crippen molar-refractivity contribution in [3.05, 3.63) is 0 Å². The standard InChI is InChI=1S/C20H38N4O3/c1-21-19(23-17-11-14-24(15-12-17)20(25)26-2)22-13-7-4-8-16-27-18-9-5-3-6-10-18/h17-18H,3-16H2,1-2H3,(H2,21,22,23). The summed E-state index contributed by atoms with van der Waals surface area (Å²) in [6, 6.07) is 0.348. The van der Waals surface area contributed by atoms with Crippen LogP contribution in [0.15, 0.2) is 4.99 Å². The van der Waals surface area contributed by atoms with Gasteiger partial charge in [0.15, 0.2) is 5.96 Å². The highest BCUT2D eigenvalue weighted by Gasteiger charge is 2.23. The Hall–Kier alpha value is -1.50. The first-order chi connectivity index (χ1) is 13.2. The third kappa shape index (κ3) is 8.37. The number of guanidine groups is 1. The summed E-state index contributed by atoms with van der Waals surface area (Å²) in [6.45, 7) is 3.27. The first-order valence-electron chi connectivity index (χ1n) is 10.6. The molecule has 2 N–H and O–H groups in total. The summed E-state index contributed by atoms with van der Waals surface area (Å²) < 4.78 is 10.7. The smallest absolute Gasteiger partial charge is 0.409 e. The molecule has 1 saturated carbocycles. The van der Waals surface area contributed by atoms with E-state index in [1.54, 1.807) is 11.9 Å². The Morgan fingerprint density at radius 1 is 1.07 bits per heavy atom. The van der Waals surface area contributed by atoms with Gasteiger partial charge in [0.1, 0.15) is 0 Å². The second-order valence-electron chi connectivity index (χ2n) is 7.57. The van der Waals surface area contributed by atoms with Crippen LogP contribution in [0.1, 0.15) is 64.2 Å². The molecule has 2 aliphatic rings. The van der Waals surface area contributed by atoms with Crippen molar-refractivity contribution in [3.8, 4) is 0 Å². The van der Waals surface area contributed by atoms with E-state index in [9.17, 15) is 4.79 Å². The van der Waals surface area contributed by atoms with Crippen molar-refractivity contribution < 1.29 is 14.3 Å². The number of amides is 1.